The molecule has 0 saturated carbocycles. The van der Waals surface area contributed by atoms with Crippen molar-refractivity contribution < 1.29 is 4.74 Å². The molecule has 0 radical (unpaired) electrons. The van der Waals surface area contributed by atoms with E-state index in [1.165, 1.54) is 0 Å². The Balaban J connectivity index is 2.88. The van der Waals surface area contributed by atoms with Crippen LogP contribution in [-0.4, -0.2) is 6.10 Å². The molecular formula is C13H13NO. The van der Waals surface area contributed by atoms with Crippen molar-refractivity contribution in [2.45, 2.75) is 26.4 Å². The Hall–Kier alpha value is -1.93. The first kappa shape index (κ1) is 11.1. The van der Waals surface area contributed by atoms with Crippen LogP contribution in [0, 0.1) is 23.2 Å². The molecule has 0 saturated heterocycles. The molecule has 0 aliphatic heterocycles. The average Bonchev–Trinajstić information content (AvgIpc) is 2.20. The summed E-state index contributed by atoms with van der Waals surface area (Å²) in [5.74, 6) is 6.47. The third-order valence-electron chi connectivity index (χ3n) is 1.64. The second kappa shape index (κ2) is 5.73. The fourth-order valence-corrected chi connectivity index (χ4v) is 1.11. The van der Waals surface area contributed by atoms with Gasteiger partial charge in [-0.25, -0.2) is 0 Å². The predicted octanol–water partition coefficient (Wildman–Crippen LogP) is 2.74. The molecule has 0 spiro atoms. The van der Waals surface area contributed by atoms with Crippen LogP contribution in [-0.2, 0) is 0 Å². The highest BCUT2D eigenvalue weighted by molar-refractivity contribution is 5.46. The highest BCUT2D eigenvalue weighted by Gasteiger charge is 2.01. The Morgan fingerprint density at radius 3 is 2.73 bits per heavy atom. The molecule has 0 unspecified atom stereocenters. The Kier molecular flexibility index (Phi) is 4.26. The minimum absolute atomic E-state index is 0.129. The van der Waals surface area contributed by atoms with Crippen LogP contribution in [0.3, 0.4) is 0 Å². The van der Waals surface area contributed by atoms with Crippen LogP contribution in [0.15, 0.2) is 24.3 Å². The number of nitrogens with zero attached hydrogens (tertiary/aromatic N) is 1. The predicted molar refractivity (Wildman–Crippen MR) is 59.3 cm³/mol. The van der Waals surface area contributed by atoms with E-state index in [1.54, 1.807) is 0 Å². The second-order valence-corrected chi connectivity index (χ2v) is 3.30. The lowest BCUT2D eigenvalue weighted by molar-refractivity contribution is 0.242. The SMILES string of the molecule is CC(C)Oc1ccccc1C#CCC#N. The quantitative estimate of drug-likeness (QED) is 0.686. The highest BCUT2D eigenvalue weighted by atomic mass is 16.5. The zero-order valence-electron chi connectivity index (χ0n) is 8.95. The molecule has 0 bridgehead atoms. The Morgan fingerprint density at radius 2 is 2.07 bits per heavy atom. The summed E-state index contributed by atoms with van der Waals surface area (Å²) < 4.78 is 5.59. The zero-order valence-corrected chi connectivity index (χ0v) is 8.95. The van der Waals surface area contributed by atoms with Gasteiger partial charge in [-0.2, -0.15) is 5.26 Å². The summed E-state index contributed by atoms with van der Waals surface area (Å²) in [6.07, 6.45) is 0.375. The van der Waals surface area contributed by atoms with Gasteiger partial charge in [0.2, 0.25) is 0 Å². The molecule has 0 aromatic heterocycles. The van der Waals surface area contributed by atoms with E-state index in [4.69, 9.17) is 10.00 Å². The van der Waals surface area contributed by atoms with Crippen molar-refractivity contribution in [1.82, 2.24) is 0 Å². The van der Waals surface area contributed by atoms with Gasteiger partial charge in [0.1, 0.15) is 5.75 Å². The van der Waals surface area contributed by atoms with Gasteiger partial charge in [-0.15, -0.1) is 0 Å². The second-order valence-electron chi connectivity index (χ2n) is 3.30. The molecule has 15 heavy (non-hydrogen) atoms. The number of rotatable bonds is 2. The number of hydrogen-bond acceptors (Lipinski definition) is 2. The lowest BCUT2D eigenvalue weighted by atomic mass is 10.2. The van der Waals surface area contributed by atoms with Gasteiger partial charge in [0, 0.05) is 0 Å². The van der Waals surface area contributed by atoms with Crippen LogP contribution in [0.25, 0.3) is 0 Å². The summed E-state index contributed by atoms with van der Waals surface area (Å²) in [6, 6.07) is 9.58. The number of hydrogen-bond donors (Lipinski definition) is 0. The fourth-order valence-electron chi connectivity index (χ4n) is 1.11. The summed E-state index contributed by atoms with van der Waals surface area (Å²) in [4.78, 5) is 0. The van der Waals surface area contributed by atoms with E-state index in [1.807, 2.05) is 44.2 Å². The maximum atomic E-state index is 8.38. The standard InChI is InChI=1S/C13H13NO/c1-11(2)15-13-9-4-3-7-12(13)8-5-6-10-14/h3-4,7,9,11H,6H2,1-2H3. The van der Waals surface area contributed by atoms with E-state index in [0.717, 1.165) is 11.3 Å². The van der Waals surface area contributed by atoms with E-state index in [9.17, 15) is 0 Å². The lowest BCUT2D eigenvalue weighted by Gasteiger charge is -2.10. The number of nitriles is 1. The van der Waals surface area contributed by atoms with Crippen molar-refractivity contribution in [3.05, 3.63) is 29.8 Å². The summed E-state index contributed by atoms with van der Waals surface area (Å²) in [5, 5.41) is 8.38. The number of benzene rings is 1. The molecule has 0 atom stereocenters. The minimum Gasteiger partial charge on any atom is -0.490 e. The smallest absolute Gasteiger partial charge is 0.135 e. The lowest BCUT2D eigenvalue weighted by Crippen LogP contribution is -2.06. The molecule has 1 rings (SSSR count). The van der Waals surface area contributed by atoms with Crippen LogP contribution in [0.5, 0.6) is 5.75 Å². The summed E-state index contributed by atoms with van der Waals surface area (Å²) in [6.45, 7) is 3.94. The first-order valence-corrected chi connectivity index (χ1v) is 4.85. The summed E-state index contributed by atoms with van der Waals surface area (Å²) in [5.41, 5.74) is 0.835. The summed E-state index contributed by atoms with van der Waals surface area (Å²) in [7, 11) is 0. The van der Waals surface area contributed by atoms with Crippen LogP contribution < -0.4 is 4.74 Å². The largest absolute Gasteiger partial charge is 0.490 e. The van der Waals surface area contributed by atoms with Crippen LogP contribution >= 0.6 is 0 Å². The minimum atomic E-state index is 0.129. The van der Waals surface area contributed by atoms with E-state index >= 15 is 0 Å². The first-order valence-electron chi connectivity index (χ1n) is 4.85. The molecule has 0 amide bonds. The number of para-hydroxylation sites is 1. The first-order chi connectivity index (χ1) is 7.24. The van der Waals surface area contributed by atoms with Gasteiger partial charge in [-0.05, 0) is 26.0 Å². The van der Waals surface area contributed by atoms with Crippen LogP contribution in [0.4, 0.5) is 0 Å². The molecule has 0 aliphatic carbocycles. The van der Waals surface area contributed by atoms with Gasteiger partial charge >= 0.3 is 0 Å². The van der Waals surface area contributed by atoms with Crippen LogP contribution in [0.2, 0.25) is 0 Å². The van der Waals surface area contributed by atoms with Gasteiger partial charge in [0.15, 0.2) is 0 Å². The summed E-state index contributed by atoms with van der Waals surface area (Å²) >= 11 is 0. The van der Waals surface area contributed by atoms with Gasteiger partial charge in [-0.1, -0.05) is 24.0 Å². The van der Waals surface area contributed by atoms with Crippen molar-refractivity contribution in [2.24, 2.45) is 0 Å². The molecule has 0 heterocycles. The van der Waals surface area contributed by atoms with Crippen molar-refractivity contribution in [1.29, 1.82) is 5.26 Å². The molecule has 2 heteroatoms. The van der Waals surface area contributed by atoms with Crippen LogP contribution in [0.1, 0.15) is 25.8 Å². The molecule has 1 aromatic carbocycles. The van der Waals surface area contributed by atoms with Crippen molar-refractivity contribution >= 4 is 0 Å². The Bertz CT molecular complexity index is 418. The average molecular weight is 199 g/mol. The van der Waals surface area contributed by atoms with E-state index in [-0.39, 0.29) is 12.5 Å². The molecule has 0 N–H and O–H groups in total. The van der Waals surface area contributed by atoms with E-state index < -0.39 is 0 Å². The fraction of sp³-hybridized carbons (Fsp3) is 0.308. The molecule has 76 valence electrons. The van der Waals surface area contributed by atoms with E-state index in [0.29, 0.717) is 0 Å². The third kappa shape index (κ3) is 3.75. The zero-order chi connectivity index (χ0) is 11.1. The third-order valence-corrected chi connectivity index (χ3v) is 1.64. The Labute approximate surface area is 90.5 Å². The van der Waals surface area contributed by atoms with Gasteiger partial charge in [-0.3, -0.25) is 0 Å². The van der Waals surface area contributed by atoms with Gasteiger partial charge in [0.25, 0.3) is 0 Å². The maximum Gasteiger partial charge on any atom is 0.135 e. The Morgan fingerprint density at radius 1 is 1.33 bits per heavy atom. The van der Waals surface area contributed by atoms with Gasteiger partial charge < -0.3 is 4.74 Å². The normalized spacial score (nSPS) is 8.93. The highest BCUT2D eigenvalue weighted by Crippen LogP contribution is 2.17. The number of ether oxygens (including phenoxy) is 1. The molecule has 0 fully saturated rings. The van der Waals surface area contributed by atoms with Crippen molar-refractivity contribution in [3.8, 4) is 23.7 Å². The van der Waals surface area contributed by atoms with E-state index in [2.05, 4.69) is 11.8 Å². The molecule has 2 nitrogen and oxygen atoms in total. The molecule has 1 aromatic rings. The van der Waals surface area contributed by atoms with Crippen molar-refractivity contribution in [2.75, 3.05) is 0 Å². The monoisotopic (exact) mass is 199 g/mol. The molecular weight excluding hydrogens is 186 g/mol. The maximum absolute atomic E-state index is 8.38. The van der Waals surface area contributed by atoms with Gasteiger partial charge in [0.05, 0.1) is 24.2 Å². The molecule has 0 aliphatic rings. The van der Waals surface area contributed by atoms with Crippen molar-refractivity contribution in [3.63, 3.8) is 0 Å². The topological polar surface area (TPSA) is 33.0 Å².